The van der Waals surface area contributed by atoms with Crippen molar-refractivity contribution in [3.63, 3.8) is 0 Å². The Morgan fingerprint density at radius 2 is 2.37 bits per heavy atom. The zero-order chi connectivity index (χ0) is 13.7. The van der Waals surface area contributed by atoms with Crippen molar-refractivity contribution in [3.8, 4) is 0 Å². The van der Waals surface area contributed by atoms with Crippen molar-refractivity contribution < 1.29 is 9.63 Å². The number of carbonyl (C=O) groups is 1. The van der Waals surface area contributed by atoms with Gasteiger partial charge in [-0.15, -0.1) is 16.4 Å². The second kappa shape index (κ2) is 6.95. The van der Waals surface area contributed by atoms with Crippen LogP contribution in [0.4, 0.5) is 0 Å². The van der Waals surface area contributed by atoms with E-state index in [9.17, 15) is 4.79 Å². The minimum absolute atomic E-state index is 0.0966. The number of hydrogen-bond acceptors (Lipinski definition) is 7. The normalized spacial score (nSPS) is 11.1. The third kappa shape index (κ3) is 3.97. The molecule has 2 aromatic rings. The fraction of sp³-hybridized carbons (Fsp3) is 0.200. The third-order valence-corrected chi connectivity index (χ3v) is 4.37. The van der Waals surface area contributed by atoms with Crippen molar-refractivity contribution in [1.82, 2.24) is 9.59 Å². The lowest BCUT2D eigenvalue weighted by Crippen LogP contribution is -1.97. The molecule has 2 rings (SSSR count). The number of halogens is 2. The number of nitrogens with zero attached hydrogens (tertiary/aromatic N) is 3. The molecular formula is C10H7Cl2N3O2S2. The Morgan fingerprint density at radius 1 is 1.53 bits per heavy atom. The summed E-state index contributed by atoms with van der Waals surface area (Å²) in [5.74, 6) is -0.0966. The average molecular weight is 336 g/mol. The number of rotatable bonds is 6. The van der Waals surface area contributed by atoms with Gasteiger partial charge >= 0.3 is 0 Å². The summed E-state index contributed by atoms with van der Waals surface area (Å²) in [6.45, 7) is 0.125. The van der Waals surface area contributed by atoms with E-state index in [0.29, 0.717) is 19.9 Å². The highest BCUT2D eigenvalue weighted by molar-refractivity contribution is 7.12. The molecule has 0 saturated carbocycles. The van der Waals surface area contributed by atoms with Crippen LogP contribution in [-0.2, 0) is 11.4 Å². The molecule has 0 N–H and O–H groups in total. The summed E-state index contributed by atoms with van der Waals surface area (Å²) in [4.78, 5) is 17.2. The first-order valence-electron chi connectivity index (χ1n) is 5.05. The lowest BCUT2D eigenvalue weighted by atomic mass is 10.2. The summed E-state index contributed by atoms with van der Waals surface area (Å²) in [7, 11) is 0. The molecule has 0 aromatic carbocycles. The fourth-order valence-corrected chi connectivity index (χ4v) is 2.85. The van der Waals surface area contributed by atoms with Gasteiger partial charge in [-0.1, -0.05) is 32.8 Å². The van der Waals surface area contributed by atoms with Gasteiger partial charge in [0.15, 0.2) is 12.4 Å². The summed E-state index contributed by atoms with van der Waals surface area (Å²) in [6, 6.07) is 1.68. The summed E-state index contributed by atoms with van der Waals surface area (Å²) in [5.41, 5.74) is 0.524. The highest BCUT2D eigenvalue weighted by Gasteiger charge is 2.10. The molecule has 0 spiro atoms. The quantitative estimate of drug-likeness (QED) is 0.458. The van der Waals surface area contributed by atoms with Crippen LogP contribution in [0.15, 0.2) is 16.6 Å². The molecule has 5 nitrogen and oxygen atoms in total. The van der Waals surface area contributed by atoms with Crippen molar-refractivity contribution >= 4 is 58.1 Å². The molecule has 100 valence electrons. The van der Waals surface area contributed by atoms with Gasteiger partial charge in [0, 0.05) is 11.5 Å². The number of Topliss-reactive ketones (excluding diaryl/α,β-unsaturated/α-hetero) is 1. The Hall–Kier alpha value is -1.02. The summed E-state index contributed by atoms with van der Waals surface area (Å²) in [5, 5.41) is 9.64. The molecule has 0 atom stereocenters. The summed E-state index contributed by atoms with van der Waals surface area (Å²) >= 11 is 14.0. The lowest BCUT2D eigenvalue weighted by Gasteiger charge is -1.95. The number of hydrogen-bond donors (Lipinski definition) is 0. The fourth-order valence-electron chi connectivity index (χ4n) is 1.14. The molecule has 0 aliphatic rings. The molecule has 2 aromatic heterocycles. The van der Waals surface area contributed by atoms with Crippen LogP contribution in [0.3, 0.4) is 0 Å². The van der Waals surface area contributed by atoms with Crippen LogP contribution in [0, 0.1) is 0 Å². The smallest absolute Gasteiger partial charge is 0.179 e. The zero-order valence-corrected chi connectivity index (χ0v) is 12.5. The standard InChI is InChI=1S/C10H7Cl2N3O2S2/c11-6-2-4-18-9(6)8(16)1-3-13-17-5-7-10(12)19-15-14-7/h2-4H,1,5H2/b13-3+. The van der Waals surface area contributed by atoms with Gasteiger partial charge in [0.2, 0.25) is 0 Å². The number of aromatic nitrogens is 2. The second-order valence-corrected chi connectivity index (χ2v) is 5.96. The van der Waals surface area contributed by atoms with E-state index in [2.05, 4.69) is 14.7 Å². The Bertz CT molecular complexity index is 597. The van der Waals surface area contributed by atoms with E-state index in [0.717, 1.165) is 11.5 Å². The van der Waals surface area contributed by atoms with Gasteiger partial charge in [0.1, 0.15) is 10.0 Å². The molecule has 19 heavy (non-hydrogen) atoms. The number of oxime groups is 1. The maximum atomic E-state index is 11.7. The minimum atomic E-state index is -0.0966. The van der Waals surface area contributed by atoms with Gasteiger partial charge in [-0.25, -0.2) is 0 Å². The van der Waals surface area contributed by atoms with Gasteiger partial charge in [-0.05, 0) is 11.4 Å². The zero-order valence-electron chi connectivity index (χ0n) is 9.38. The molecule has 0 aliphatic carbocycles. The van der Waals surface area contributed by atoms with Crippen molar-refractivity contribution in [1.29, 1.82) is 0 Å². The molecule has 0 saturated heterocycles. The van der Waals surface area contributed by atoms with Gasteiger partial charge in [0.25, 0.3) is 0 Å². The highest BCUT2D eigenvalue weighted by atomic mass is 35.5. The van der Waals surface area contributed by atoms with E-state index >= 15 is 0 Å². The van der Waals surface area contributed by atoms with Crippen LogP contribution >= 0.6 is 46.1 Å². The van der Waals surface area contributed by atoms with Crippen molar-refractivity contribution in [3.05, 3.63) is 31.4 Å². The Balaban J connectivity index is 1.77. The van der Waals surface area contributed by atoms with Crippen LogP contribution in [0.1, 0.15) is 21.8 Å². The molecule has 9 heteroatoms. The van der Waals surface area contributed by atoms with Gasteiger partial charge < -0.3 is 4.84 Å². The molecule has 0 radical (unpaired) electrons. The first-order valence-corrected chi connectivity index (χ1v) is 7.46. The van der Waals surface area contributed by atoms with Crippen LogP contribution in [0.5, 0.6) is 0 Å². The van der Waals surface area contributed by atoms with Crippen molar-refractivity contribution in [2.45, 2.75) is 13.0 Å². The first kappa shape index (κ1) is 14.4. The number of ketones is 1. The Kier molecular flexibility index (Phi) is 5.26. The van der Waals surface area contributed by atoms with Crippen molar-refractivity contribution in [2.75, 3.05) is 0 Å². The van der Waals surface area contributed by atoms with E-state index < -0.39 is 0 Å². The van der Waals surface area contributed by atoms with E-state index in [1.54, 1.807) is 11.4 Å². The van der Waals surface area contributed by atoms with Crippen LogP contribution < -0.4 is 0 Å². The first-order chi connectivity index (χ1) is 9.18. The summed E-state index contributed by atoms with van der Waals surface area (Å²) in [6.07, 6.45) is 1.51. The second-order valence-electron chi connectivity index (χ2n) is 3.28. The minimum Gasteiger partial charge on any atom is -0.389 e. The maximum absolute atomic E-state index is 11.7. The average Bonchev–Trinajstić information content (AvgIpc) is 2.98. The Morgan fingerprint density at radius 3 is 3.00 bits per heavy atom. The van der Waals surface area contributed by atoms with Crippen LogP contribution in [0.25, 0.3) is 0 Å². The van der Waals surface area contributed by atoms with E-state index in [1.165, 1.54) is 17.6 Å². The molecule has 0 fully saturated rings. The topological polar surface area (TPSA) is 64.4 Å². The van der Waals surface area contributed by atoms with E-state index in [4.69, 9.17) is 28.0 Å². The molecular weight excluding hydrogens is 329 g/mol. The van der Waals surface area contributed by atoms with Crippen LogP contribution in [-0.4, -0.2) is 21.6 Å². The predicted octanol–water partition coefficient (Wildman–Crippen LogP) is 3.68. The predicted molar refractivity (Wildman–Crippen MR) is 76.5 cm³/mol. The largest absolute Gasteiger partial charge is 0.389 e. The highest BCUT2D eigenvalue weighted by Crippen LogP contribution is 2.23. The van der Waals surface area contributed by atoms with Crippen LogP contribution in [0.2, 0.25) is 9.36 Å². The maximum Gasteiger partial charge on any atom is 0.179 e. The monoisotopic (exact) mass is 335 g/mol. The van der Waals surface area contributed by atoms with Gasteiger partial charge in [-0.2, -0.15) is 0 Å². The van der Waals surface area contributed by atoms with E-state index in [1.807, 2.05) is 0 Å². The molecule has 0 bridgehead atoms. The number of carbonyl (C=O) groups excluding carboxylic acids is 1. The SMILES string of the molecule is O=C(C/C=N/OCc1nnsc1Cl)c1sccc1Cl. The molecule has 0 aliphatic heterocycles. The van der Waals surface area contributed by atoms with Crippen molar-refractivity contribution in [2.24, 2.45) is 5.16 Å². The Labute approximate surface area is 127 Å². The van der Waals surface area contributed by atoms with E-state index in [-0.39, 0.29) is 18.8 Å². The summed E-state index contributed by atoms with van der Waals surface area (Å²) < 4.78 is 4.12. The lowest BCUT2D eigenvalue weighted by molar-refractivity contribution is 0.0999. The van der Waals surface area contributed by atoms with Gasteiger partial charge in [-0.3, -0.25) is 4.79 Å². The van der Waals surface area contributed by atoms with Gasteiger partial charge in [0.05, 0.1) is 22.5 Å². The molecule has 2 heterocycles. The number of thiophene rings is 1. The molecule has 0 unspecified atom stereocenters. The third-order valence-electron chi connectivity index (χ3n) is 2.01. The molecule has 0 amide bonds.